The zero-order chi connectivity index (χ0) is 16.1. The Bertz CT molecular complexity index is 584. The maximum absolute atomic E-state index is 10.9. The standard InChI is InChI=1S/C15H21N5O2/c1-11-5-12(7-16)6-15(18-11)20-3-4-22-13(9-20)8-19(2)10-14(17)21/h5-6,13H,3-4,8-10H2,1-2H3,(H2,17,21). The molecular weight excluding hydrogens is 282 g/mol. The first-order chi connectivity index (χ1) is 10.5. The van der Waals surface area contributed by atoms with Crippen LogP contribution in [0.4, 0.5) is 5.82 Å². The van der Waals surface area contributed by atoms with Gasteiger partial charge in [0, 0.05) is 25.3 Å². The number of nitrogens with zero attached hydrogens (tertiary/aromatic N) is 4. The number of carbonyl (C=O) groups is 1. The van der Waals surface area contributed by atoms with Gasteiger partial charge in [-0.25, -0.2) is 4.98 Å². The van der Waals surface area contributed by atoms with Crippen LogP contribution < -0.4 is 10.6 Å². The number of ether oxygens (including phenoxy) is 1. The minimum absolute atomic E-state index is 0.0223. The Morgan fingerprint density at radius 1 is 1.64 bits per heavy atom. The average Bonchev–Trinajstić information content (AvgIpc) is 2.45. The summed E-state index contributed by atoms with van der Waals surface area (Å²) >= 11 is 0. The van der Waals surface area contributed by atoms with Crippen LogP contribution in [0.25, 0.3) is 0 Å². The lowest BCUT2D eigenvalue weighted by molar-refractivity contribution is -0.119. The topological polar surface area (TPSA) is 95.5 Å². The van der Waals surface area contributed by atoms with Gasteiger partial charge in [-0.3, -0.25) is 9.69 Å². The Labute approximate surface area is 130 Å². The average molecular weight is 303 g/mol. The van der Waals surface area contributed by atoms with E-state index >= 15 is 0 Å². The summed E-state index contributed by atoms with van der Waals surface area (Å²) in [7, 11) is 1.84. The van der Waals surface area contributed by atoms with Crippen LogP contribution in [-0.2, 0) is 9.53 Å². The van der Waals surface area contributed by atoms with Crippen LogP contribution in [0.5, 0.6) is 0 Å². The molecule has 2 heterocycles. The van der Waals surface area contributed by atoms with Gasteiger partial charge in [0.25, 0.3) is 0 Å². The summed E-state index contributed by atoms with van der Waals surface area (Å²) in [6, 6.07) is 5.71. The number of hydrogen-bond acceptors (Lipinski definition) is 6. The normalized spacial score (nSPS) is 18.3. The smallest absolute Gasteiger partial charge is 0.231 e. The number of hydrogen-bond donors (Lipinski definition) is 1. The summed E-state index contributed by atoms with van der Waals surface area (Å²) in [6.45, 7) is 4.70. The Hall–Kier alpha value is -2.17. The summed E-state index contributed by atoms with van der Waals surface area (Å²) in [5.74, 6) is 0.441. The largest absolute Gasteiger partial charge is 0.373 e. The SMILES string of the molecule is Cc1cc(C#N)cc(N2CCOC(CN(C)CC(N)=O)C2)n1. The van der Waals surface area contributed by atoms with Crippen LogP contribution in [0.3, 0.4) is 0 Å². The highest BCUT2D eigenvalue weighted by Gasteiger charge is 2.23. The Morgan fingerprint density at radius 2 is 2.41 bits per heavy atom. The predicted octanol–water partition coefficient (Wildman–Crippen LogP) is -0.116. The van der Waals surface area contributed by atoms with Crippen molar-refractivity contribution in [3.8, 4) is 6.07 Å². The van der Waals surface area contributed by atoms with Crippen molar-refractivity contribution < 1.29 is 9.53 Å². The third-order valence-corrected chi connectivity index (χ3v) is 3.47. The molecule has 118 valence electrons. The molecule has 0 radical (unpaired) electrons. The Kier molecular flexibility index (Phi) is 5.31. The highest BCUT2D eigenvalue weighted by molar-refractivity contribution is 5.75. The second-order valence-electron chi connectivity index (χ2n) is 5.57. The second kappa shape index (κ2) is 7.20. The summed E-state index contributed by atoms with van der Waals surface area (Å²) < 4.78 is 5.74. The van der Waals surface area contributed by atoms with Crippen molar-refractivity contribution in [3.05, 3.63) is 23.4 Å². The summed E-state index contributed by atoms with van der Waals surface area (Å²) in [5.41, 5.74) is 6.62. The van der Waals surface area contributed by atoms with E-state index in [9.17, 15) is 4.79 Å². The molecule has 2 N–H and O–H groups in total. The molecule has 0 saturated carbocycles. The molecule has 0 aliphatic carbocycles. The van der Waals surface area contributed by atoms with Crippen molar-refractivity contribution in [2.75, 3.05) is 44.7 Å². The molecule has 1 aromatic rings. The Balaban J connectivity index is 2.03. The molecule has 1 unspecified atom stereocenters. The number of aromatic nitrogens is 1. The quantitative estimate of drug-likeness (QED) is 0.815. The molecule has 0 spiro atoms. The van der Waals surface area contributed by atoms with Gasteiger partial charge in [0.05, 0.1) is 30.9 Å². The maximum Gasteiger partial charge on any atom is 0.231 e. The third-order valence-electron chi connectivity index (χ3n) is 3.47. The van der Waals surface area contributed by atoms with Gasteiger partial charge >= 0.3 is 0 Å². The number of carbonyl (C=O) groups excluding carboxylic acids is 1. The van der Waals surface area contributed by atoms with E-state index in [0.717, 1.165) is 18.1 Å². The molecule has 2 rings (SSSR count). The van der Waals surface area contributed by atoms with Crippen LogP contribution in [0.2, 0.25) is 0 Å². The van der Waals surface area contributed by atoms with Crippen LogP contribution in [0.1, 0.15) is 11.3 Å². The lowest BCUT2D eigenvalue weighted by Crippen LogP contribution is -2.48. The number of rotatable bonds is 5. The molecular formula is C15H21N5O2. The predicted molar refractivity (Wildman–Crippen MR) is 82.3 cm³/mol. The van der Waals surface area contributed by atoms with E-state index in [4.69, 9.17) is 15.7 Å². The zero-order valence-electron chi connectivity index (χ0n) is 13.0. The van der Waals surface area contributed by atoms with E-state index < -0.39 is 0 Å². The van der Waals surface area contributed by atoms with Crippen molar-refractivity contribution >= 4 is 11.7 Å². The van der Waals surface area contributed by atoms with Gasteiger partial charge in [-0.1, -0.05) is 0 Å². The minimum Gasteiger partial charge on any atom is -0.373 e. The van der Waals surface area contributed by atoms with Gasteiger partial charge in [0.1, 0.15) is 5.82 Å². The molecule has 1 aromatic heterocycles. The number of amides is 1. The van der Waals surface area contributed by atoms with Crippen molar-refractivity contribution in [2.24, 2.45) is 5.73 Å². The van der Waals surface area contributed by atoms with Gasteiger partial charge in [-0.15, -0.1) is 0 Å². The number of nitrogens with two attached hydrogens (primary N) is 1. The van der Waals surface area contributed by atoms with Gasteiger partial charge in [-0.2, -0.15) is 5.26 Å². The van der Waals surface area contributed by atoms with Gasteiger partial charge in [-0.05, 0) is 26.1 Å². The van der Waals surface area contributed by atoms with Crippen LogP contribution in [0, 0.1) is 18.3 Å². The van der Waals surface area contributed by atoms with Crippen LogP contribution >= 0.6 is 0 Å². The van der Waals surface area contributed by atoms with Crippen molar-refractivity contribution in [2.45, 2.75) is 13.0 Å². The second-order valence-corrected chi connectivity index (χ2v) is 5.57. The van der Waals surface area contributed by atoms with Crippen molar-refractivity contribution in [3.63, 3.8) is 0 Å². The third kappa shape index (κ3) is 4.41. The number of pyridine rings is 1. The highest BCUT2D eigenvalue weighted by Crippen LogP contribution is 2.18. The van der Waals surface area contributed by atoms with E-state index in [1.54, 1.807) is 12.1 Å². The molecule has 7 nitrogen and oxygen atoms in total. The molecule has 7 heteroatoms. The lowest BCUT2D eigenvalue weighted by atomic mass is 10.2. The molecule has 1 aliphatic heterocycles. The number of nitriles is 1. The molecule has 0 bridgehead atoms. The van der Waals surface area contributed by atoms with Gasteiger partial charge in [0.15, 0.2) is 0 Å². The van der Waals surface area contributed by atoms with E-state index in [0.29, 0.717) is 25.3 Å². The number of anilines is 1. The van der Waals surface area contributed by atoms with E-state index in [1.807, 2.05) is 18.9 Å². The number of likely N-dealkylation sites (N-methyl/N-ethyl adjacent to an activating group) is 1. The summed E-state index contributed by atoms with van der Waals surface area (Å²) in [6.07, 6.45) is -0.0223. The molecule has 0 aromatic carbocycles. The number of morpholine rings is 1. The fourth-order valence-corrected chi connectivity index (χ4v) is 2.59. The van der Waals surface area contributed by atoms with Gasteiger partial charge < -0.3 is 15.4 Å². The van der Waals surface area contributed by atoms with Crippen LogP contribution in [-0.4, -0.2) is 61.7 Å². The summed E-state index contributed by atoms with van der Waals surface area (Å²) in [4.78, 5) is 19.4. The minimum atomic E-state index is -0.353. The molecule has 1 saturated heterocycles. The molecule has 1 atom stereocenters. The van der Waals surface area contributed by atoms with Crippen LogP contribution in [0.15, 0.2) is 12.1 Å². The molecule has 1 fully saturated rings. The number of primary amides is 1. The van der Waals surface area contributed by atoms with Gasteiger partial charge in [0.2, 0.25) is 5.91 Å². The zero-order valence-corrected chi connectivity index (χ0v) is 13.0. The first-order valence-corrected chi connectivity index (χ1v) is 7.20. The fourth-order valence-electron chi connectivity index (χ4n) is 2.59. The van der Waals surface area contributed by atoms with Crippen molar-refractivity contribution in [1.29, 1.82) is 5.26 Å². The van der Waals surface area contributed by atoms with E-state index in [2.05, 4.69) is 16.0 Å². The molecule has 22 heavy (non-hydrogen) atoms. The number of aryl methyl sites for hydroxylation is 1. The van der Waals surface area contributed by atoms with Crippen molar-refractivity contribution in [1.82, 2.24) is 9.88 Å². The maximum atomic E-state index is 10.9. The summed E-state index contributed by atoms with van der Waals surface area (Å²) in [5, 5.41) is 9.07. The van der Waals surface area contributed by atoms with E-state index in [-0.39, 0.29) is 18.6 Å². The first-order valence-electron chi connectivity index (χ1n) is 7.20. The van der Waals surface area contributed by atoms with E-state index in [1.165, 1.54) is 0 Å². The fraction of sp³-hybridized carbons (Fsp3) is 0.533. The molecule has 1 amide bonds. The molecule has 1 aliphatic rings. The monoisotopic (exact) mass is 303 g/mol. The first kappa shape index (κ1) is 16.2. The Morgan fingerprint density at radius 3 is 3.09 bits per heavy atom. The highest BCUT2D eigenvalue weighted by atomic mass is 16.5. The lowest BCUT2D eigenvalue weighted by Gasteiger charge is -2.35.